The van der Waals surface area contributed by atoms with E-state index in [0.717, 1.165) is 6.29 Å². The number of rotatable bonds is 1. The van der Waals surface area contributed by atoms with E-state index in [9.17, 15) is 4.79 Å². The van der Waals surface area contributed by atoms with Crippen molar-refractivity contribution in [1.82, 2.24) is 0 Å². The molecule has 5 rings (SSSR count). The molecule has 5 fully saturated rings. The van der Waals surface area contributed by atoms with Crippen LogP contribution in [0.2, 0.25) is 0 Å². The Morgan fingerprint density at radius 1 is 0.667 bits per heavy atom. The Labute approximate surface area is 85.6 Å². The predicted molar refractivity (Wildman–Crippen MR) is 43.0 cm³/mol. The molecule has 2 bridgehead atoms. The van der Waals surface area contributed by atoms with Gasteiger partial charge in [-0.05, 0) is 0 Å². The van der Waals surface area contributed by atoms with Gasteiger partial charge in [-0.15, -0.1) is 0 Å². The number of carbonyl (C=O) groups excluding carboxylic acids is 1. The van der Waals surface area contributed by atoms with E-state index in [4.69, 9.17) is 18.9 Å². The van der Waals surface area contributed by atoms with Crippen LogP contribution in [0.1, 0.15) is 0 Å². The Hall–Kier alpha value is -0.490. The fourth-order valence-corrected chi connectivity index (χ4v) is 4.30. The molecule has 80 valence electrons. The van der Waals surface area contributed by atoms with Crippen molar-refractivity contribution in [3.05, 3.63) is 0 Å². The number of hydrogen-bond donors (Lipinski definition) is 0. The topological polar surface area (TPSA) is 54.0 Å². The fourth-order valence-electron chi connectivity index (χ4n) is 4.30. The molecule has 4 saturated heterocycles. The number of hydrogen-bond acceptors (Lipinski definition) is 5. The summed E-state index contributed by atoms with van der Waals surface area (Å²) in [6, 6.07) is 0. The Bertz CT molecular complexity index is 330. The van der Waals surface area contributed by atoms with E-state index in [1.807, 2.05) is 0 Å². The summed E-state index contributed by atoms with van der Waals surface area (Å²) in [5.74, 6) is 1.07. The molecule has 1 aliphatic carbocycles. The van der Waals surface area contributed by atoms with E-state index in [1.165, 1.54) is 0 Å². The van der Waals surface area contributed by atoms with Crippen LogP contribution in [0.4, 0.5) is 0 Å². The van der Waals surface area contributed by atoms with Crippen molar-refractivity contribution in [2.45, 2.75) is 25.2 Å². The molecule has 4 heterocycles. The van der Waals surface area contributed by atoms with Gasteiger partial charge in [0, 0.05) is 29.6 Å². The highest BCUT2D eigenvalue weighted by Crippen LogP contribution is 2.67. The van der Waals surface area contributed by atoms with Crippen molar-refractivity contribution >= 4 is 6.29 Å². The Morgan fingerprint density at radius 3 is 1.47 bits per heavy atom. The third kappa shape index (κ3) is 0.625. The molecule has 0 spiro atoms. The van der Waals surface area contributed by atoms with Crippen LogP contribution in [0.15, 0.2) is 0 Å². The predicted octanol–water partition coefficient (Wildman–Crippen LogP) is -0.295. The van der Waals surface area contributed by atoms with Crippen LogP contribution in [0.5, 0.6) is 0 Å². The summed E-state index contributed by atoms with van der Waals surface area (Å²) in [6.07, 6.45) is 0.0750. The first-order valence-corrected chi connectivity index (χ1v) is 5.45. The Morgan fingerprint density at radius 2 is 1.07 bits per heavy atom. The van der Waals surface area contributed by atoms with Crippen molar-refractivity contribution in [1.29, 1.82) is 0 Å². The van der Waals surface area contributed by atoms with Crippen molar-refractivity contribution in [2.75, 3.05) is 0 Å². The lowest BCUT2D eigenvalue weighted by molar-refractivity contribution is -0.352. The Kier molecular flexibility index (Phi) is 1.10. The minimum Gasteiger partial charge on any atom is -0.323 e. The maximum absolute atomic E-state index is 11.2. The summed E-state index contributed by atoms with van der Waals surface area (Å²) in [6.45, 7) is 0. The molecule has 5 heteroatoms. The first kappa shape index (κ1) is 7.73. The molecular formula is C10H10O5. The molecule has 15 heavy (non-hydrogen) atoms. The lowest BCUT2D eigenvalue weighted by Gasteiger charge is -2.34. The summed E-state index contributed by atoms with van der Waals surface area (Å²) in [4.78, 5) is 11.2. The summed E-state index contributed by atoms with van der Waals surface area (Å²) in [5.41, 5.74) is 0. The summed E-state index contributed by atoms with van der Waals surface area (Å²) < 4.78 is 22.7. The normalized spacial score (nSPS) is 71.9. The second-order valence-electron chi connectivity index (χ2n) is 5.04. The van der Waals surface area contributed by atoms with Gasteiger partial charge in [0.1, 0.15) is 6.29 Å². The molecular weight excluding hydrogens is 200 g/mol. The van der Waals surface area contributed by atoms with Gasteiger partial charge in [0.25, 0.3) is 0 Å². The third-order valence-electron chi connectivity index (χ3n) is 4.71. The van der Waals surface area contributed by atoms with Crippen LogP contribution in [-0.2, 0) is 23.7 Å². The highest BCUT2D eigenvalue weighted by molar-refractivity contribution is 5.57. The van der Waals surface area contributed by atoms with E-state index in [1.54, 1.807) is 0 Å². The second-order valence-corrected chi connectivity index (χ2v) is 5.04. The van der Waals surface area contributed by atoms with E-state index < -0.39 is 0 Å². The van der Waals surface area contributed by atoms with Crippen LogP contribution in [0.3, 0.4) is 0 Å². The lowest BCUT2D eigenvalue weighted by Crippen LogP contribution is -2.43. The molecule has 0 aromatic heterocycles. The SMILES string of the molecule is O=CC1[C@H]2[C@H]3O[C@@H]4O[C@@H]5O[C@H](O3)[C@H]2[C@@H]5[C@H]14. The number of aldehydes is 1. The van der Waals surface area contributed by atoms with Crippen LogP contribution < -0.4 is 0 Å². The lowest BCUT2D eigenvalue weighted by atomic mass is 9.86. The molecule has 0 aromatic rings. The first-order valence-electron chi connectivity index (χ1n) is 5.45. The zero-order valence-electron chi connectivity index (χ0n) is 7.81. The smallest absolute Gasteiger partial charge is 0.167 e. The fraction of sp³-hybridized carbons (Fsp3) is 0.900. The number of ether oxygens (including phenoxy) is 4. The van der Waals surface area contributed by atoms with Gasteiger partial charge in [-0.3, -0.25) is 0 Å². The third-order valence-corrected chi connectivity index (χ3v) is 4.71. The highest BCUT2D eigenvalue weighted by atomic mass is 16.9. The molecule has 0 atom stereocenters. The highest BCUT2D eigenvalue weighted by Gasteiger charge is 2.76. The zero-order chi connectivity index (χ0) is 9.73. The van der Waals surface area contributed by atoms with E-state index in [-0.39, 0.29) is 42.9 Å². The van der Waals surface area contributed by atoms with Crippen LogP contribution in [0, 0.1) is 29.6 Å². The minimum absolute atomic E-state index is 0.0441. The molecule has 0 unspecified atom stereocenters. The average molecular weight is 210 g/mol. The van der Waals surface area contributed by atoms with E-state index >= 15 is 0 Å². The molecule has 5 aliphatic rings. The van der Waals surface area contributed by atoms with Gasteiger partial charge < -0.3 is 23.7 Å². The molecule has 0 N–H and O–H groups in total. The van der Waals surface area contributed by atoms with Gasteiger partial charge in [0.05, 0.1) is 0 Å². The second kappa shape index (κ2) is 2.13. The van der Waals surface area contributed by atoms with Gasteiger partial charge in [0.2, 0.25) is 0 Å². The maximum atomic E-state index is 11.2. The van der Waals surface area contributed by atoms with E-state index in [2.05, 4.69) is 0 Å². The van der Waals surface area contributed by atoms with Crippen molar-refractivity contribution in [2.24, 2.45) is 29.6 Å². The monoisotopic (exact) mass is 210 g/mol. The molecule has 4 aliphatic heterocycles. The molecule has 5 nitrogen and oxygen atoms in total. The summed E-state index contributed by atoms with van der Waals surface area (Å²) in [7, 11) is 0. The average Bonchev–Trinajstić information content (AvgIpc) is 2.85. The van der Waals surface area contributed by atoms with Crippen molar-refractivity contribution < 1.29 is 23.7 Å². The quantitative estimate of drug-likeness (QED) is 0.556. The molecule has 0 amide bonds. The van der Waals surface area contributed by atoms with Crippen molar-refractivity contribution in [3.63, 3.8) is 0 Å². The van der Waals surface area contributed by atoms with Gasteiger partial charge in [-0.25, -0.2) is 0 Å². The maximum Gasteiger partial charge on any atom is 0.167 e. The number of carbonyl (C=O) groups is 1. The van der Waals surface area contributed by atoms with Crippen LogP contribution in [0.25, 0.3) is 0 Å². The minimum atomic E-state index is -0.289. The van der Waals surface area contributed by atoms with Crippen LogP contribution >= 0.6 is 0 Å². The molecule has 0 radical (unpaired) electrons. The first-order chi connectivity index (χ1) is 7.38. The van der Waals surface area contributed by atoms with Gasteiger partial charge in [0.15, 0.2) is 25.2 Å². The molecule has 1 saturated carbocycles. The summed E-state index contributed by atoms with van der Waals surface area (Å²) >= 11 is 0. The zero-order valence-corrected chi connectivity index (χ0v) is 7.81. The van der Waals surface area contributed by atoms with Crippen molar-refractivity contribution in [3.8, 4) is 0 Å². The Balaban J connectivity index is 1.76. The van der Waals surface area contributed by atoms with E-state index in [0.29, 0.717) is 11.8 Å². The van der Waals surface area contributed by atoms with Gasteiger partial charge >= 0.3 is 0 Å². The standard InChI is InChI=1S/C10H10O5/c11-1-2-3-5-6-4(2)8-12-7(3)13-9(5)15-10(6)14-8/h1-10H/t2?,3-,4+,5-,6+,7+,8-,9+,10-. The van der Waals surface area contributed by atoms with Gasteiger partial charge in [-0.1, -0.05) is 0 Å². The van der Waals surface area contributed by atoms with Gasteiger partial charge in [-0.2, -0.15) is 0 Å². The van der Waals surface area contributed by atoms with Crippen LogP contribution in [-0.4, -0.2) is 31.4 Å². The largest absolute Gasteiger partial charge is 0.323 e. The molecule has 0 aromatic carbocycles. The summed E-state index contributed by atoms with van der Waals surface area (Å²) in [5, 5.41) is 0.